The van der Waals surface area contributed by atoms with Gasteiger partial charge in [0.15, 0.2) is 11.5 Å². The SMILES string of the molecule is CC(C)(C)OCC(NN)c1ccc2c(c1)OCCCO2. The molecule has 1 atom stereocenters. The van der Waals surface area contributed by atoms with Crippen molar-refractivity contribution in [3.05, 3.63) is 23.8 Å². The maximum absolute atomic E-state index is 5.79. The van der Waals surface area contributed by atoms with Crippen LogP contribution in [0.3, 0.4) is 0 Å². The largest absolute Gasteiger partial charge is 0.490 e. The van der Waals surface area contributed by atoms with Gasteiger partial charge in [-0.25, -0.2) is 0 Å². The number of hydrogen-bond donors (Lipinski definition) is 2. The first-order valence-electron chi connectivity index (χ1n) is 6.99. The fourth-order valence-corrected chi connectivity index (χ4v) is 1.97. The van der Waals surface area contributed by atoms with E-state index < -0.39 is 0 Å². The Morgan fingerprint density at radius 2 is 1.95 bits per heavy atom. The van der Waals surface area contributed by atoms with Gasteiger partial charge in [0.25, 0.3) is 0 Å². The van der Waals surface area contributed by atoms with Gasteiger partial charge in [-0.1, -0.05) is 6.07 Å². The van der Waals surface area contributed by atoms with Crippen molar-refractivity contribution in [2.75, 3.05) is 19.8 Å². The molecule has 0 saturated heterocycles. The molecule has 20 heavy (non-hydrogen) atoms. The van der Waals surface area contributed by atoms with Crippen LogP contribution in [0.1, 0.15) is 38.8 Å². The normalized spacial score (nSPS) is 16.6. The number of nitrogens with two attached hydrogens (primary N) is 1. The lowest BCUT2D eigenvalue weighted by atomic mass is 10.1. The van der Waals surface area contributed by atoms with Crippen LogP contribution in [-0.2, 0) is 4.74 Å². The van der Waals surface area contributed by atoms with Crippen molar-refractivity contribution in [1.82, 2.24) is 5.43 Å². The second-order valence-electron chi connectivity index (χ2n) is 5.90. The number of rotatable bonds is 4. The molecular weight excluding hydrogens is 256 g/mol. The highest BCUT2D eigenvalue weighted by Gasteiger charge is 2.18. The van der Waals surface area contributed by atoms with Crippen molar-refractivity contribution in [3.63, 3.8) is 0 Å². The number of hydrazine groups is 1. The Hall–Kier alpha value is -1.30. The highest BCUT2D eigenvalue weighted by molar-refractivity contribution is 5.44. The van der Waals surface area contributed by atoms with Crippen molar-refractivity contribution in [2.24, 2.45) is 5.84 Å². The maximum atomic E-state index is 5.79. The van der Waals surface area contributed by atoms with Crippen LogP contribution in [-0.4, -0.2) is 25.4 Å². The zero-order valence-corrected chi connectivity index (χ0v) is 12.4. The van der Waals surface area contributed by atoms with Crippen molar-refractivity contribution >= 4 is 0 Å². The summed E-state index contributed by atoms with van der Waals surface area (Å²) >= 11 is 0. The molecule has 1 heterocycles. The van der Waals surface area contributed by atoms with Gasteiger partial charge in [0.1, 0.15) is 0 Å². The van der Waals surface area contributed by atoms with Crippen molar-refractivity contribution in [2.45, 2.75) is 38.8 Å². The summed E-state index contributed by atoms with van der Waals surface area (Å²) in [5, 5.41) is 0. The van der Waals surface area contributed by atoms with Gasteiger partial charge in [-0.3, -0.25) is 11.3 Å². The minimum absolute atomic E-state index is 0.0774. The topological polar surface area (TPSA) is 65.7 Å². The molecular formula is C15H24N2O3. The highest BCUT2D eigenvalue weighted by atomic mass is 16.5. The first kappa shape index (κ1) is 15.1. The fraction of sp³-hybridized carbons (Fsp3) is 0.600. The van der Waals surface area contributed by atoms with Crippen LogP contribution in [0.15, 0.2) is 18.2 Å². The summed E-state index contributed by atoms with van der Waals surface area (Å²) in [6.07, 6.45) is 0.899. The number of benzene rings is 1. The minimum atomic E-state index is -0.194. The van der Waals surface area contributed by atoms with Crippen LogP contribution >= 0.6 is 0 Å². The summed E-state index contributed by atoms with van der Waals surface area (Å²) in [7, 11) is 0. The molecule has 0 fully saturated rings. The summed E-state index contributed by atoms with van der Waals surface area (Å²) in [6.45, 7) is 7.94. The van der Waals surface area contributed by atoms with Crippen LogP contribution in [0.5, 0.6) is 11.5 Å². The van der Waals surface area contributed by atoms with E-state index in [9.17, 15) is 0 Å². The molecule has 0 aromatic heterocycles. The van der Waals surface area contributed by atoms with E-state index in [0.717, 1.165) is 23.5 Å². The van der Waals surface area contributed by atoms with Gasteiger partial charge in [0, 0.05) is 6.42 Å². The standard InChI is InChI=1S/C15H24N2O3/c1-15(2,3)20-10-12(17-16)11-5-6-13-14(9-11)19-8-4-7-18-13/h5-6,9,12,17H,4,7-8,10,16H2,1-3H3. The molecule has 5 nitrogen and oxygen atoms in total. The summed E-state index contributed by atoms with van der Waals surface area (Å²) < 4.78 is 17.1. The molecule has 1 aromatic rings. The molecule has 0 bridgehead atoms. The van der Waals surface area contributed by atoms with Gasteiger partial charge in [-0.05, 0) is 38.5 Å². The Balaban J connectivity index is 2.12. The molecule has 1 aromatic carbocycles. The molecule has 0 saturated carbocycles. The molecule has 3 N–H and O–H groups in total. The van der Waals surface area contributed by atoms with E-state index in [1.165, 1.54) is 0 Å². The minimum Gasteiger partial charge on any atom is -0.490 e. The lowest BCUT2D eigenvalue weighted by Crippen LogP contribution is -2.34. The Kier molecular flexibility index (Phi) is 4.86. The third-order valence-corrected chi connectivity index (χ3v) is 3.06. The first-order chi connectivity index (χ1) is 9.49. The van der Waals surface area contributed by atoms with E-state index in [0.29, 0.717) is 19.8 Å². The van der Waals surface area contributed by atoms with Gasteiger partial charge >= 0.3 is 0 Å². The molecule has 1 aliphatic rings. The Morgan fingerprint density at radius 1 is 1.25 bits per heavy atom. The van der Waals surface area contributed by atoms with E-state index in [1.54, 1.807) is 0 Å². The highest BCUT2D eigenvalue weighted by Crippen LogP contribution is 2.32. The second kappa shape index (κ2) is 6.43. The Morgan fingerprint density at radius 3 is 2.60 bits per heavy atom. The summed E-state index contributed by atoms with van der Waals surface area (Å²) in [4.78, 5) is 0. The Labute approximate surface area is 120 Å². The van der Waals surface area contributed by atoms with Crippen molar-refractivity contribution in [1.29, 1.82) is 0 Å². The van der Waals surface area contributed by atoms with E-state index in [4.69, 9.17) is 20.1 Å². The van der Waals surface area contributed by atoms with Crippen LogP contribution < -0.4 is 20.7 Å². The lowest BCUT2D eigenvalue weighted by Gasteiger charge is -2.24. The zero-order chi connectivity index (χ0) is 14.6. The number of fused-ring (bicyclic) bond motifs is 1. The molecule has 0 radical (unpaired) electrons. The predicted molar refractivity (Wildman–Crippen MR) is 77.8 cm³/mol. The average molecular weight is 280 g/mol. The smallest absolute Gasteiger partial charge is 0.161 e. The number of hydrogen-bond acceptors (Lipinski definition) is 5. The van der Waals surface area contributed by atoms with Crippen molar-refractivity contribution in [3.8, 4) is 11.5 Å². The summed E-state index contributed by atoms with van der Waals surface area (Å²) in [5.41, 5.74) is 3.63. The fourth-order valence-electron chi connectivity index (χ4n) is 1.97. The third-order valence-electron chi connectivity index (χ3n) is 3.06. The number of nitrogens with one attached hydrogen (secondary N) is 1. The number of ether oxygens (including phenoxy) is 3. The average Bonchev–Trinajstić information content (AvgIpc) is 2.62. The second-order valence-corrected chi connectivity index (χ2v) is 5.90. The van der Waals surface area contributed by atoms with Crippen molar-refractivity contribution < 1.29 is 14.2 Å². The van der Waals surface area contributed by atoms with Gasteiger partial charge in [0.05, 0.1) is 31.5 Å². The molecule has 1 unspecified atom stereocenters. The summed E-state index contributed by atoms with van der Waals surface area (Å²) in [6, 6.07) is 5.81. The molecule has 112 valence electrons. The molecule has 0 amide bonds. The monoisotopic (exact) mass is 280 g/mol. The van der Waals surface area contributed by atoms with E-state index in [1.807, 2.05) is 39.0 Å². The molecule has 0 aliphatic carbocycles. The van der Waals surface area contributed by atoms with Gasteiger partial charge in [0.2, 0.25) is 0 Å². The zero-order valence-electron chi connectivity index (χ0n) is 12.4. The van der Waals surface area contributed by atoms with Crippen LogP contribution in [0.4, 0.5) is 0 Å². The van der Waals surface area contributed by atoms with E-state index >= 15 is 0 Å². The van der Waals surface area contributed by atoms with Crippen LogP contribution in [0.25, 0.3) is 0 Å². The maximum Gasteiger partial charge on any atom is 0.161 e. The van der Waals surface area contributed by atoms with Gasteiger partial charge in [-0.2, -0.15) is 0 Å². The first-order valence-corrected chi connectivity index (χ1v) is 6.99. The molecule has 0 spiro atoms. The Bertz CT molecular complexity index is 443. The molecule has 5 heteroatoms. The van der Waals surface area contributed by atoms with Gasteiger partial charge < -0.3 is 14.2 Å². The molecule has 2 rings (SSSR count). The molecule has 1 aliphatic heterocycles. The van der Waals surface area contributed by atoms with E-state index in [-0.39, 0.29) is 11.6 Å². The summed E-state index contributed by atoms with van der Waals surface area (Å²) in [5.74, 6) is 7.20. The third kappa shape index (κ3) is 4.10. The lowest BCUT2D eigenvalue weighted by molar-refractivity contribution is -0.0148. The van der Waals surface area contributed by atoms with Crippen LogP contribution in [0, 0.1) is 0 Å². The predicted octanol–water partition coefficient (Wildman–Crippen LogP) is 2.17. The quantitative estimate of drug-likeness (QED) is 0.653. The van der Waals surface area contributed by atoms with Gasteiger partial charge in [-0.15, -0.1) is 0 Å². The van der Waals surface area contributed by atoms with E-state index in [2.05, 4.69) is 5.43 Å². The van der Waals surface area contributed by atoms with Crippen LogP contribution in [0.2, 0.25) is 0 Å².